The van der Waals surface area contributed by atoms with Gasteiger partial charge in [0.2, 0.25) is 0 Å². The van der Waals surface area contributed by atoms with Crippen LogP contribution in [0, 0.1) is 10.1 Å². The molecule has 0 aromatic heterocycles. The number of rotatable bonds is 10. The van der Waals surface area contributed by atoms with E-state index in [1.807, 2.05) is 18.2 Å². The number of benzene rings is 2. The van der Waals surface area contributed by atoms with Crippen molar-refractivity contribution in [2.75, 3.05) is 34.4 Å². The van der Waals surface area contributed by atoms with Crippen LogP contribution >= 0.6 is 0 Å². The fourth-order valence-corrected chi connectivity index (χ4v) is 2.70. The molecule has 0 heterocycles. The second kappa shape index (κ2) is 10.8. The summed E-state index contributed by atoms with van der Waals surface area (Å²) in [6.07, 6.45) is 2.38. The number of esters is 1. The Labute approximate surface area is 169 Å². The molecule has 0 bridgehead atoms. The number of carbonyl (C=O) groups is 1. The molecule has 0 aliphatic heterocycles. The Morgan fingerprint density at radius 2 is 1.76 bits per heavy atom. The Kier molecular flexibility index (Phi) is 8.17. The summed E-state index contributed by atoms with van der Waals surface area (Å²) in [7, 11) is 4.49. The average molecular weight is 400 g/mol. The molecule has 0 atom stereocenters. The molecule has 0 aliphatic rings. The summed E-state index contributed by atoms with van der Waals surface area (Å²) in [5, 5.41) is 14.0. The molecule has 0 saturated carbocycles. The number of nitrogens with zero attached hydrogens (tertiary/aromatic N) is 1. The monoisotopic (exact) mass is 400 g/mol. The first-order valence-electron chi connectivity index (χ1n) is 8.93. The minimum Gasteiger partial charge on any atom is -0.493 e. The molecule has 8 heteroatoms. The summed E-state index contributed by atoms with van der Waals surface area (Å²) in [4.78, 5) is 22.3. The van der Waals surface area contributed by atoms with Crippen LogP contribution in [0.5, 0.6) is 11.5 Å². The third-order valence-electron chi connectivity index (χ3n) is 4.25. The average Bonchev–Trinajstić information content (AvgIpc) is 2.75. The molecule has 29 heavy (non-hydrogen) atoms. The van der Waals surface area contributed by atoms with Crippen molar-refractivity contribution in [3.8, 4) is 11.5 Å². The van der Waals surface area contributed by atoms with Crippen LogP contribution in [0.1, 0.15) is 11.1 Å². The highest BCUT2D eigenvalue weighted by atomic mass is 16.6. The number of nitrogens with one attached hydrogen (secondary N) is 1. The van der Waals surface area contributed by atoms with E-state index in [1.165, 1.54) is 19.2 Å². The standard InChI is InChI=1S/C21H24N2O6/c1-27-19-9-6-16(13-20(19)28-2)10-11-22-14-17(21(24)29-3)12-15-4-7-18(8-5-15)23(25)26/h4-9,12-13,22H,10-11,14H2,1-3H3/b17-12-. The van der Waals surface area contributed by atoms with E-state index < -0.39 is 10.9 Å². The number of methoxy groups -OCH3 is 3. The Hall–Kier alpha value is -3.39. The molecule has 2 aromatic rings. The number of hydrogen-bond acceptors (Lipinski definition) is 7. The number of hydrogen-bond donors (Lipinski definition) is 1. The van der Waals surface area contributed by atoms with E-state index >= 15 is 0 Å². The molecular weight excluding hydrogens is 376 g/mol. The fraction of sp³-hybridized carbons (Fsp3) is 0.286. The van der Waals surface area contributed by atoms with E-state index in [9.17, 15) is 14.9 Å². The normalized spacial score (nSPS) is 11.1. The van der Waals surface area contributed by atoms with Crippen molar-refractivity contribution in [2.45, 2.75) is 6.42 Å². The highest BCUT2D eigenvalue weighted by Crippen LogP contribution is 2.27. The summed E-state index contributed by atoms with van der Waals surface area (Å²) in [6.45, 7) is 0.932. The van der Waals surface area contributed by atoms with Crippen LogP contribution in [-0.4, -0.2) is 45.3 Å². The van der Waals surface area contributed by atoms with Gasteiger partial charge in [-0.15, -0.1) is 0 Å². The zero-order chi connectivity index (χ0) is 21.2. The summed E-state index contributed by atoms with van der Waals surface area (Å²) in [6, 6.07) is 11.7. The maximum absolute atomic E-state index is 12.0. The quantitative estimate of drug-likeness (QED) is 0.215. The molecule has 0 saturated heterocycles. The lowest BCUT2D eigenvalue weighted by atomic mass is 10.1. The summed E-state index contributed by atoms with van der Waals surface area (Å²) < 4.78 is 15.4. The maximum Gasteiger partial charge on any atom is 0.335 e. The van der Waals surface area contributed by atoms with Gasteiger partial charge in [-0.25, -0.2) is 4.79 Å². The van der Waals surface area contributed by atoms with Crippen LogP contribution in [0.4, 0.5) is 5.69 Å². The van der Waals surface area contributed by atoms with Gasteiger partial charge in [0.1, 0.15) is 0 Å². The number of ether oxygens (including phenoxy) is 3. The first-order chi connectivity index (χ1) is 14.0. The van der Waals surface area contributed by atoms with Gasteiger partial charge in [-0.2, -0.15) is 0 Å². The second-order valence-electron chi connectivity index (χ2n) is 6.13. The van der Waals surface area contributed by atoms with Gasteiger partial charge in [0, 0.05) is 18.7 Å². The summed E-state index contributed by atoms with van der Waals surface area (Å²) >= 11 is 0. The molecule has 2 aromatic carbocycles. The Balaban J connectivity index is 1.99. The van der Waals surface area contributed by atoms with Crippen LogP contribution in [0.25, 0.3) is 6.08 Å². The van der Waals surface area contributed by atoms with Crippen molar-refractivity contribution in [1.82, 2.24) is 5.32 Å². The predicted octanol–water partition coefficient (Wildman–Crippen LogP) is 3.00. The molecule has 8 nitrogen and oxygen atoms in total. The summed E-state index contributed by atoms with van der Waals surface area (Å²) in [5.74, 6) is 0.878. The molecule has 0 amide bonds. The van der Waals surface area contributed by atoms with Crippen molar-refractivity contribution in [2.24, 2.45) is 0 Å². The number of carbonyl (C=O) groups excluding carboxylic acids is 1. The van der Waals surface area contributed by atoms with E-state index in [0.717, 1.165) is 12.0 Å². The van der Waals surface area contributed by atoms with Crippen molar-refractivity contribution < 1.29 is 23.9 Å². The van der Waals surface area contributed by atoms with Gasteiger partial charge in [-0.1, -0.05) is 6.07 Å². The number of nitro groups is 1. The van der Waals surface area contributed by atoms with Crippen LogP contribution in [-0.2, 0) is 16.0 Å². The van der Waals surface area contributed by atoms with Crippen LogP contribution < -0.4 is 14.8 Å². The molecule has 0 unspecified atom stereocenters. The van der Waals surface area contributed by atoms with Crippen molar-refractivity contribution in [1.29, 1.82) is 0 Å². The molecule has 1 N–H and O–H groups in total. The van der Waals surface area contributed by atoms with E-state index in [1.54, 1.807) is 32.4 Å². The van der Waals surface area contributed by atoms with Gasteiger partial charge >= 0.3 is 5.97 Å². The molecule has 154 valence electrons. The topological polar surface area (TPSA) is 99.9 Å². The molecule has 2 rings (SSSR count). The number of non-ortho nitro benzene ring substituents is 1. The first kappa shape index (κ1) is 21.9. The Bertz CT molecular complexity index is 877. The zero-order valence-corrected chi connectivity index (χ0v) is 16.6. The molecule has 0 radical (unpaired) electrons. The lowest BCUT2D eigenvalue weighted by Gasteiger charge is -2.11. The van der Waals surface area contributed by atoms with Gasteiger partial charge in [0.05, 0.1) is 31.8 Å². The van der Waals surface area contributed by atoms with Gasteiger partial charge in [-0.05, 0) is 54.4 Å². The van der Waals surface area contributed by atoms with Gasteiger partial charge < -0.3 is 19.5 Å². The lowest BCUT2D eigenvalue weighted by Crippen LogP contribution is -2.24. The highest BCUT2D eigenvalue weighted by molar-refractivity contribution is 5.94. The van der Waals surface area contributed by atoms with E-state index in [-0.39, 0.29) is 5.69 Å². The van der Waals surface area contributed by atoms with Crippen LogP contribution in [0.3, 0.4) is 0 Å². The SMILES string of the molecule is COC(=O)/C(=C\c1ccc([N+](=O)[O-])cc1)CNCCc1ccc(OC)c(OC)c1. The van der Waals surface area contributed by atoms with Crippen LogP contribution in [0.15, 0.2) is 48.0 Å². The molecular formula is C21H24N2O6. The van der Waals surface area contributed by atoms with Gasteiger partial charge in [-0.3, -0.25) is 10.1 Å². The van der Waals surface area contributed by atoms with Crippen molar-refractivity contribution >= 4 is 17.7 Å². The third-order valence-corrected chi connectivity index (χ3v) is 4.25. The van der Waals surface area contributed by atoms with Crippen molar-refractivity contribution in [3.05, 3.63) is 69.3 Å². The summed E-state index contributed by atoms with van der Waals surface area (Å²) in [5.41, 5.74) is 2.16. The predicted molar refractivity (Wildman–Crippen MR) is 109 cm³/mol. The van der Waals surface area contributed by atoms with E-state index in [4.69, 9.17) is 14.2 Å². The van der Waals surface area contributed by atoms with Gasteiger partial charge in [0.25, 0.3) is 5.69 Å². The first-order valence-corrected chi connectivity index (χ1v) is 8.93. The molecule has 0 fully saturated rings. The van der Waals surface area contributed by atoms with E-state index in [0.29, 0.717) is 35.7 Å². The van der Waals surface area contributed by atoms with Gasteiger partial charge in [0.15, 0.2) is 11.5 Å². The minimum atomic E-state index is -0.468. The van der Waals surface area contributed by atoms with Crippen molar-refractivity contribution in [3.63, 3.8) is 0 Å². The maximum atomic E-state index is 12.0. The minimum absolute atomic E-state index is 0.00480. The van der Waals surface area contributed by atoms with E-state index in [2.05, 4.69) is 5.32 Å². The fourth-order valence-electron chi connectivity index (χ4n) is 2.70. The molecule has 0 spiro atoms. The lowest BCUT2D eigenvalue weighted by molar-refractivity contribution is -0.384. The smallest absolute Gasteiger partial charge is 0.335 e. The Morgan fingerprint density at radius 1 is 1.07 bits per heavy atom. The number of nitro benzene ring substituents is 1. The largest absolute Gasteiger partial charge is 0.493 e. The highest BCUT2D eigenvalue weighted by Gasteiger charge is 2.11. The zero-order valence-electron chi connectivity index (χ0n) is 16.6. The van der Waals surface area contributed by atoms with Crippen LogP contribution in [0.2, 0.25) is 0 Å². The third kappa shape index (κ3) is 6.32. The molecule has 0 aliphatic carbocycles. The Morgan fingerprint density at radius 3 is 2.34 bits per heavy atom. The second-order valence-corrected chi connectivity index (χ2v) is 6.13.